The van der Waals surface area contributed by atoms with Gasteiger partial charge in [0.1, 0.15) is 17.0 Å². The quantitative estimate of drug-likeness (QED) is 0.257. The van der Waals surface area contributed by atoms with Crippen LogP contribution < -0.4 is 11.2 Å². The van der Waals surface area contributed by atoms with E-state index < -0.39 is 0 Å². The minimum atomic E-state index is -0.296. The van der Waals surface area contributed by atoms with Gasteiger partial charge in [0.25, 0.3) is 5.91 Å². The van der Waals surface area contributed by atoms with E-state index in [1.807, 2.05) is 31.2 Å². The lowest BCUT2D eigenvalue weighted by Gasteiger charge is -2.08. The third kappa shape index (κ3) is 2.96. The van der Waals surface area contributed by atoms with Crippen molar-refractivity contribution < 1.29 is 4.79 Å². The minimum Gasteiger partial charge on any atom is -0.383 e. The second-order valence-corrected chi connectivity index (χ2v) is 7.93. The second kappa shape index (κ2) is 7.20. The molecule has 1 amide bonds. The number of carbonyl (C=O) groups is 1. The monoisotopic (exact) mass is 411 g/mol. The number of nitrogen functional groups attached to an aromatic ring is 1. The molecular weight excluding hydrogens is 394 g/mol. The standard InChI is InChI=1S/C23H17N5OS/c1-13-19-21(24)25-12-26-23(19)30-20(13)22(29)28-27-11-18-16-8-4-2-6-14(16)10-15-7-3-5-9-17(15)18/h2-12H,1H3,(H,28,29)(H2,24,25,26)/b27-11-. The van der Waals surface area contributed by atoms with Gasteiger partial charge in [0.05, 0.1) is 16.5 Å². The van der Waals surface area contributed by atoms with E-state index >= 15 is 0 Å². The molecule has 0 aliphatic heterocycles. The molecule has 7 heteroatoms. The third-order valence-electron chi connectivity index (χ3n) is 5.14. The highest BCUT2D eigenvalue weighted by molar-refractivity contribution is 7.20. The number of nitrogens with two attached hydrogens (primary N) is 1. The van der Waals surface area contributed by atoms with Crippen LogP contribution in [-0.2, 0) is 0 Å². The fraction of sp³-hybridized carbons (Fsp3) is 0.0435. The smallest absolute Gasteiger partial charge is 0.281 e. The number of thiophene rings is 1. The van der Waals surface area contributed by atoms with Crippen LogP contribution in [-0.4, -0.2) is 22.1 Å². The van der Waals surface area contributed by atoms with Crippen LogP contribution in [0.2, 0.25) is 0 Å². The summed E-state index contributed by atoms with van der Waals surface area (Å²) in [4.78, 5) is 22.2. The largest absolute Gasteiger partial charge is 0.383 e. The number of rotatable bonds is 3. The van der Waals surface area contributed by atoms with Gasteiger partial charge in [-0.2, -0.15) is 5.10 Å². The average Bonchev–Trinajstić information content (AvgIpc) is 3.11. The van der Waals surface area contributed by atoms with E-state index in [-0.39, 0.29) is 5.91 Å². The minimum absolute atomic E-state index is 0.296. The summed E-state index contributed by atoms with van der Waals surface area (Å²) < 4.78 is 0. The molecule has 2 heterocycles. The predicted molar refractivity (Wildman–Crippen MR) is 123 cm³/mol. The Morgan fingerprint density at radius 2 is 1.73 bits per heavy atom. The van der Waals surface area contributed by atoms with Crippen molar-refractivity contribution in [3.8, 4) is 0 Å². The van der Waals surface area contributed by atoms with Gasteiger partial charge in [-0.3, -0.25) is 4.79 Å². The van der Waals surface area contributed by atoms with E-state index in [1.54, 1.807) is 6.21 Å². The number of carbonyl (C=O) groups excluding carboxylic acids is 1. The topological polar surface area (TPSA) is 93.3 Å². The van der Waals surface area contributed by atoms with E-state index in [1.165, 1.54) is 17.7 Å². The Labute approximate surface area is 176 Å². The first-order valence-electron chi connectivity index (χ1n) is 9.37. The van der Waals surface area contributed by atoms with Crippen molar-refractivity contribution in [2.75, 3.05) is 5.73 Å². The number of nitrogens with zero attached hydrogens (tertiary/aromatic N) is 3. The molecular formula is C23H17N5OS. The first-order valence-corrected chi connectivity index (χ1v) is 10.2. The molecule has 0 atom stereocenters. The first kappa shape index (κ1) is 18.2. The number of amides is 1. The molecule has 146 valence electrons. The molecule has 30 heavy (non-hydrogen) atoms. The first-order chi connectivity index (χ1) is 14.6. The molecule has 0 fully saturated rings. The maximum atomic E-state index is 12.8. The third-order valence-corrected chi connectivity index (χ3v) is 6.33. The zero-order valence-electron chi connectivity index (χ0n) is 16.1. The molecule has 0 aliphatic rings. The van der Waals surface area contributed by atoms with Crippen LogP contribution in [0.3, 0.4) is 0 Å². The average molecular weight is 411 g/mol. The highest BCUT2D eigenvalue weighted by Gasteiger charge is 2.18. The maximum absolute atomic E-state index is 12.8. The maximum Gasteiger partial charge on any atom is 0.281 e. The van der Waals surface area contributed by atoms with Crippen molar-refractivity contribution in [3.63, 3.8) is 0 Å². The summed E-state index contributed by atoms with van der Waals surface area (Å²) in [5.41, 5.74) is 10.3. The number of benzene rings is 3. The fourth-order valence-electron chi connectivity index (χ4n) is 3.71. The molecule has 3 aromatic carbocycles. The second-order valence-electron chi connectivity index (χ2n) is 6.93. The number of aryl methyl sites for hydroxylation is 1. The van der Waals surface area contributed by atoms with Crippen molar-refractivity contribution in [2.45, 2.75) is 6.92 Å². The van der Waals surface area contributed by atoms with Crippen molar-refractivity contribution in [2.24, 2.45) is 5.10 Å². The normalized spacial score (nSPS) is 11.6. The van der Waals surface area contributed by atoms with Crippen LogP contribution in [0, 0.1) is 6.92 Å². The van der Waals surface area contributed by atoms with Crippen LogP contribution >= 0.6 is 11.3 Å². The zero-order valence-corrected chi connectivity index (χ0v) is 16.9. The Hall–Kier alpha value is -3.84. The summed E-state index contributed by atoms with van der Waals surface area (Å²) in [6, 6.07) is 18.4. The number of hydrogen-bond acceptors (Lipinski definition) is 6. The van der Waals surface area contributed by atoms with Crippen LogP contribution in [0.15, 0.2) is 66.0 Å². The van der Waals surface area contributed by atoms with E-state index in [9.17, 15) is 4.79 Å². The lowest BCUT2D eigenvalue weighted by Crippen LogP contribution is -2.17. The molecule has 6 nitrogen and oxygen atoms in total. The summed E-state index contributed by atoms with van der Waals surface area (Å²) in [6.07, 6.45) is 3.11. The van der Waals surface area contributed by atoms with Gasteiger partial charge in [-0.1, -0.05) is 48.5 Å². The fourth-order valence-corrected chi connectivity index (χ4v) is 4.76. The van der Waals surface area contributed by atoms with Crippen LogP contribution in [0.5, 0.6) is 0 Å². The molecule has 0 bridgehead atoms. The lowest BCUT2D eigenvalue weighted by molar-refractivity contribution is 0.0958. The number of anilines is 1. The molecule has 5 aromatic rings. The molecule has 0 radical (unpaired) electrons. The number of aromatic nitrogens is 2. The van der Waals surface area contributed by atoms with Crippen molar-refractivity contribution in [1.29, 1.82) is 0 Å². The summed E-state index contributed by atoms with van der Waals surface area (Å²) in [5, 5.41) is 9.39. The van der Waals surface area contributed by atoms with Gasteiger partial charge in [-0.05, 0) is 40.1 Å². The van der Waals surface area contributed by atoms with Gasteiger partial charge < -0.3 is 5.73 Å². The molecule has 2 aromatic heterocycles. The van der Waals surface area contributed by atoms with E-state index in [2.05, 4.69) is 50.8 Å². The Bertz CT molecular complexity index is 1420. The van der Waals surface area contributed by atoms with Crippen LogP contribution in [0.25, 0.3) is 31.8 Å². The van der Waals surface area contributed by atoms with Gasteiger partial charge in [-0.25, -0.2) is 15.4 Å². The number of hydrogen-bond donors (Lipinski definition) is 2. The molecule has 5 rings (SSSR count). The van der Waals surface area contributed by atoms with E-state index in [0.717, 1.165) is 38.1 Å². The van der Waals surface area contributed by atoms with E-state index in [4.69, 9.17) is 5.73 Å². The number of nitrogens with one attached hydrogen (secondary N) is 1. The number of fused-ring (bicyclic) bond motifs is 3. The van der Waals surface area contributed by atoms with Crippen molar-refractivity contribution >= 4 is 61.0 Å². The predicted octanol–water partition coefficient (Wildman–Crippen LogP) is 4.65. The van der Waals surface area contributed by atoms with Crippen molar-refractivity contribution in [1.82, 2.24) is 15.4 Å². The SMILES string of the molecule is Cc1c(C(=O)N/N=C\c2c3ccccc3cc3ccccc23)sc2ncnc(N)c12. The Morgan fingerprint density at radius 1 is 1.07 bits per heavy atom. The molecule has 0 aliphatic carbocycles. The van der Waals surface area contributed by atoms with Gasteiger partial charge in [0.2, 0.25) is 0 Å². The molecule has 0 spiro atoms. The molecule has 0 saturated carbocycles. The van der Waals surface area contributed by atoms with Gasteiger partial charge in [0.15, 0.2) is 0 Å². The summed E-state index contributed by atoms with van der Waals surface area (Å²) in [5.74, 6) is 0.0780. The van der Waals surface area contributed by atoms with Crippen LogP contribution in [0.4, 0.5) is 5.82 Å². The highest BCUT2D eigenvalue weighted by Crippen LogP contribution is 2.32. The summed E-state index contributed by atoms with van der Waals surface area (Å²) >= 11 is 1.28. The molecule has 0 saturated heterocycles. The summed E-state index contributed by atoms with van der Waals surface area (Å²) in [6.45, 7) is 1.84. The Balaban J connectivity index is 1.52. The Morgan fingerprint density at radius 3 is 2.40 bits per heavy atom. The Kier molecular flexibility index (Phi) is 4.37. The highest BCUT2D eigenvalue weighted by atomic mass is 32.1. The van der Waals surface area contributed by atoms with E-state index in [0.29, 0.717) is 15.5 Å². The molecule has 0 unspecified atom stereocenters. The van der Waals surface area contributed by atoms with Gasteiger partial charge in [0, 0.05) is 5.56 Å². The lowest BCUT2D eigenvalue weighted by atomic mass is 9.97. The van der Waals surface area contributed by atoms with Gasteiger partial charge in [-0.15, -0.1) is 11.3 Å². The van der Waals surface area contributed by atoms with Crippen LogP contribution in [0.1, 0.15) is 20.8 Å². The molecule has 3 N–H and O–H groups in total. The zero-order chi connectivity index (χ0) is 20.7. The number of hydrazone groups is 1. The summed E-state index contributed by atoms with van der Waals surface area (Å²) in [7, 11) is 0. The van der Waals surface area contributed by atoms with Gasteiger partial charge >= 0.3 is 0 Å². The van der Waals surface area contributed by atoms with Crippen molar-refractivity contribution in [3.05, 3.63) is 76.9 Å².